The normalized spacial score (nSPS) is 11.0. The van der Waals surface area contributed by atoms with Crippen LogP contribution >= 0.6 is 0 Å². The third kappa shape index (κ3) is 9.45. The number of anilines is 3. The van der Waals surface area contributed by atoms with Crippen LogP contribution in [0.3, 0.4) is 0 Å². The maximum Gasteiger partial charge on any atom is 0.573 e. The van der Waals surface area contributed by atoms with Crippen molar-refractivity contribution in [3.8, 4) is 5.75 Å². The molecular weight excluding hydrogens is 541 g/mol. The number of carboxylic acid groups (broad SMARTS) is 1. The molecule has 0 unspecified atom stereocenters. The third-order valence-corrected chi connectivity index (χ3v) is 6.06. The number of carboxylic acids is 1. The second kappa shape index (κ2) is 14.1. The van der Waals surface area contributed by atoms with Crippen LogP contribution in [0.2, 0.25) is 0 Å². The van der Waals surface area contributed by atoms with Gasteiger partial charge in [0.15, 0.2) is 0 Å². The number of amides is 3. The van der Waals surface area contributed by atoms with E-state index in [9.17, 15) is 27.6 Å². The molecule has 0 aliphatic rings. The highest BCUT2D eigenvalue weighted by Crippen LogP contribution is 2.26. The van der Waals surface area contributed by atoms with E-state index < -0.39 is 30.0 Å². The van der Waals surface area contributed by atoms with Gasteiger partial charge < -0.3 is 25.4 Å². The van der Waals surface area contributed by atoms with Gasteiger partial charge in [-0.25, -0.2) is 4.79 Å². The topological polar surface area (TPSA) is 111 Å². The molecule has 41 heavy (non-hydrogen) atoms. The molecule has 0 aliphatic heterocycles. The number of rotatable bonds is 12. The Hall–Kier alpha value is -4.74. The predicted molar refractivity (Wildman–Crippen MR) is 149 cm³/mol. The van der Waals surface area contributed by atoms with Gasteiger partial charge in [0, 0.05) is 42.3 Å². The number of hydrogen-bond acceptors (Lipinski definition) is 5. The van der Waals surface area contributed by atoms with Gasteiger partial charge in [0.2, 0.25) is 0 Å². The molecule has 9 nitrogen and oxygen atoms in total. The average Bonchev–Trinajstić information content (AvgIpc) is 2.93. The first-order chi connectivity index (χ1) is 19.5. The maximum absolute atomic E-state index is 13.4. The zero-order valence-corrected chi connectivity index (χ0v) is 22.6. The first-order valence-electron chi connectivity index (χ1n) is 12.9. The van der Waals surface area contributed by atoms with Crippen molar-refractivity contribution in [3.63, 3.8) is 0 Å². The number of carbonyl (C=O) groups excluding carboxylic acids is 2. The first kappa shape index (κ1) is 30.8. The van der Waals surface area contributed by atoms with Gasteiger partial charge in [0.1, 0.15) is 5.75 Å². The van der Waals surface area contributed by atoms with Crippen molar-refractivity contribution < 1.29 is 37.4 Å². The van der Waals surface area contributed by atoms with E-state index >= 15 is 0 Å². The summed E-state index contributed by atoms with van der Waals surface area (Å²) in [5.74, 6) is -1.85. The summed E-state index contributed by atoms with van der Waals surface area (Å²) in [5.41, 5.74) is 2.86. The molecular formula is C29H31F3N4O5. The summed E-state index contributed by atoms with van der Waals surface area (Å²) in [6, 6.07) is 18.2. The van der Waals surface area contributed by atoms with E-state index in [2.05, 4.69) is 20.3 Å². The minimum absolute atomic E-state index is 0.00331. The number of ether oxygens (including phenoxy) is 1. The molecule has 0 aromatic heterocycles. The summed E-state index contributed by atoms with van der Waals surface area (Å²) in [4.78, 5) is 39.9. The second-order valence-corrected chi connectivity index (χ2v) is 8.87. The van der Waals surface area contributed by atoms with Crippen molar-refractivity contribution in [2.45, 2.75) is 33.2 Å². The lowest BCUT2D eigenvalue weighted by Gasteiger charge is -2.26. The van der Waals surface area contributed by atoms with Crippen molar-refractivity contribution in [3.05, 3.63) is 83.9 Å². The maximum atomic E-state index is 13.4. The van der Waals surface area contributed by atoms with E-state index in [-0.39, 0.29) is 25.2 Å². The fourth-order valence-electron chi connectivity index (χ4n) is 3.97. The van der Waals surface area contributed by atoms with Crippen molar-refractivity contribution in [2.75, 3.05) is 34.8 Å². The Morgan fingerprint density at radius 1 is 0.854 bits per heavy atom. The summed E-state index contributed by atoms with van der Waals surface area (Å²) < 4.78 is 41.3. The van der Waals surface area contributed by atoms with Gasteiger partial charge in [-0.15, -0.1) is 13.2 Å². The van der Waals surface area contributed by atoms with Crippen molar-refractivity contribution >= 4 is 35.0 Å². The van der Waals surface area contributed by atoms with Gasteiger partial charge in [-0.2, -0.15) is 0 Å². The molecule has 3 aromatic rings. The molecule has 12 heteroatoms. The molecule has 0 aliphatic carbocycles. The summed E-state index contributed by atoms with van der Waals surface area (Å²) in [5, 5.41) is 14.0. The molecule has 3 aromatic carbocycles. The number of hydrogen-bond donors (Lipinski definition) is 3. The molecule has 0 saturated heterocycles. The molecule has 3 amide bonds. The first-order valence-corrected chi connectivity index (χ1v) is 12.9. The van der Waals surface area contributed by atoms with E-state index in [4.69, 9.17) is 5.11 Å². The summed E-state index contributed by atoms with van der Waals surface area (Å²) in [6.45, 7) is 5.81. The van der Waals surface area contributed by atoms with E-state index in [1.165, 1.54) is 17.0 Å². The van der Waals surface area contributed by atoms with Gasteiger partial charge in [-0.05, 0) is 80.1 Å². The highest BCUT2D eigenvalue weighted by Gasteiger charge is 2.31. The van der Waals surface area contributed by atoms with Crippen LogP contribution in [0, 0.1) is 0 Å². The Morgan fingerprint density at radius 2 is 1.44 bits per heavy atom. The van der Waals surface area contributed by atoms with Crippen LogP contribution in [-0.2, 0) is 11.3 Å². The highest BCUT2D eigenvalue weighted by atomic mass is 19.4. The smallest absolute Gasteiger partial charge is 0.481 e. The molecule has 0 radical (unpaired) electrons. The number of halogens is 3. The van der Waals surface area contributed by atoms with Gasteiger partial charge >= 0.3 is 18.4 Å². The number of nitrogens with zero attached hydrogens (tertiary/aromatic N) is 2. The number of aliphatic carboxylic acids is 1. The summed E-state index contributed by atoms with van der Waals surface area (Å²) >= 11 is 0. The van der Waals surface area contributed by atoms with Crippen LogP contribution in [0.25, 0.3) is 0 Å². The number of alkyl halides is 3. The average molecular weight is 573 g/mol. The number of carbonyl (C=O) groups is 3. The van der Waals surface area contributed by atoms with Gasteiger partial charge in [0.25, 0.3) is 5.91 Å². The molecule has 3 N–H and O–H groups in total. The molecule has 0 atom stereocenters. The molecule has 0 bridgehead atoms. The second-order valence-electron chi connectivity index (χ2n) is 8.87. The van der Waals surface area contributed by atoms with Crippen LogP contribution in [0.1, 0.15) is 36.2 Å². The minimum Gasteiger partial charge on any atom is -0.481 e. The zero-order valence-electron chi connectivity index (χ0n) is 22.6. The van der Waals surface area contributed by atoms with E-state index in [0.29, 0.717) is 16.8 Å². The fraction of sp³-hybridized carbons (Fsp3) is 0.276. The van der Waals surface area contributed by atoms with Crippen LogP contribution in [0.5, 0.6) is 5.75 Å². The Labute approximate surface area is 235 Å². The van der Waals surface area contributed by atoms with Crippen LogP contribution < -0.4 is 25.2 Å². The molecule has 0 saturated carbocycles. The molecule has 0 fully saturated rings. The SMILES string of the molecule is CCN(CC)c1ccc(N(Cc2ccc(C(=O)NCCC(=O)O)cc2)C(=O)Nc2ccc(OC(F)(F)F)cc2)cc1. The lowest BCUT2D eigenvalue weighted by atomic mass is 10.1. The van der Waals surface area contributed by atoms with E-state index in [1.54, 1.807) is 36.4 Å². The summed E-state index contributed by atoms with van der Waals surface area (Å²) in [6.07, 6.45) is -5.02. The Morgan fingerprint density at radius 3 is 1.98 bits per heavy atom. The Bertz CT molecular complexity index is 1310. The molecule has 218 valence electrons. The van der Waals surface area contributed by atoms with E-state index in [0.717, 1.165) is 30.9 Å². The van der Waals surface area contributed by atoms with Crippen molar-refractivity contribution in [2.24, 2.45) is 0 Å². The van der Waals surface area contributed by atoms with Gasteiger partial charge in [0.05, 0.1) is 13.0 Å². The molecule has 3 rings (SSSR count). The largest absolute Gasteiger partial charge is 0.573 e. The monoisotopic (exact) mass is 572 g/mol. The van der Waals surface area contributed by atoms with Gasteiger partial charge in [-0.3, -0.25) is 14.5 Å². The molecule has 0 heterocycles. The van der Waals surface area contributed by atoms with Crippen LogP contribution in [0.15, 0.2) is 72.8 Å². The van der Waals surface area contributed by atoms with Crippen LogP contribution in [-0.4, -0.2) is 49.0 Å². The lowest BCUT2D eigenvalue weighted by Crippen LogP contribution is -2.34. The van der Waals surface area contributed by atoms with Gasteiger partial charge in [-0.1, -0.05) is 12.1 Å². The number of benzene rings is 3. The fourth-order valence-corrected chi connectivity index (χ4v) is 3.97. The zero-order chi connectivity index (χ0) is 30.0. The standard InChI is InChI=1S/C29H31F3N4O5/c1-3-35(4-2)23-11-13-24(14-12-23)36(28(40)34-22-9-15-25(16-10-22)41-29(30,31)32)19-20-5-7-21(8-6-20)27(39)33-18-17-26(37)38/h5-16H,3-4,17-19H2,1-2H3,(H,33,39)(H,34,40)(H,37,38). The highest BCUT2D eigenvalue weighted by molar-refractivity contribution is 6.02. The van der Waals surface area contributed by atoms with Crippen molar-refractivity contribution in [1.29, 1.82) is 0 Å². The predicted octanol–water partition coefficient (Wildman–Crippen LogP) is 5.87. The quantitative estimate of drug-likeness (QED) is 0.250. The third-order valence-electron chi connectivity index (χ3n) is 6.06. The number of urea groups is 1. The number of nitrogens with one attached hydrogen (secondary N) is 2. The van der Waals surface area contributed by atoms with E-state index in [1.807, 2.05) is 26.0 Å². The van der Waals surface area contributed by atoms with Crippen LogP contribution in [0.4, 0.5) is 35.0 Å². The Balaban J connectivity index is 1.80. The minimum atomic E-state index is -4.83. The molecule has 0 spiro atoms. The lowest BCUT2D eigenvalue weighted by molar-refractivity contribution is -0.274. The Kier molecular flexibility index (Phi) is 10.6. The van der Waals surface area contributed by atoms with Crippen molar-refractivity contribution in [1.82, 2.24) is 5.32 Å². The summed E-state index contributed by atoms with van der Waals surface area (Å²) in [7, 11) is 0.